The summed E-state index contributed by atoms with van der Waals surface area (Å²) in [6.45, 7) is 0. The van der Waals surface area contributed by atoms with Gasteiger partial charge in [0.2, 0.25) is 5.95 Å². The van der Waals surface area contributed by atoms with E-state index in [-0.39, 0.29) is 6.17 Å². The van der Waals surface area contributed by atoms with Gasteiger partial charge in [0.1, 0.15) is 0 Å². The molecule has 0 fully saturated rings. The van der Waals surface area contributed by atoms with Gasteiger partial charge in [-0.3, -0.25) is 15.0 Å². The quantitative estimate of drug-likeness (QED) is 0.527. The van der Waals surface area contributed by atoms with E-state index >= 15 is 0 Å². The number of imidazole rings is 1. The number of guanidine groups is 1. The monoisotopic (exact) mass is 329 g/mol. The summed E-state index contributed by atoms with van der Waals surface area (Å²) >= 11 is 0. The van der Waals surface area contributed by atoms with Crippen LogP contribution < -0.4 is 11.1 Å². The van der Waals surface area contributed by atoms with Crippen molar-refractivity contribution in [2.75, 3.05) is 5.32 Å². The minimum Gasteiger partial charge on any atom is -0.370 e. The molecule has 2 aromatic carbocycles. The number of aromatic nitrogens is 4. The second-order valence-corrected chi connectivity index (χ2v) is 5.87. The van der Waals surface area contributed by atoms with Gasteiger partial charge in [-0.05, 0) is 17.7 Å². The molecule has 0 spiro atoms. The van der Waals surface area contributed by atoms with Crippen molar-refractivity contribution in [1.29, 1.82) is 0 Å². The Hall–Kier alpha value is -3.61. The Bertz CT molecular complexity index is 1090. The number of nitrogens with two attached hydrogens (primary N) is 1. The number of hydrogen-bond acceptors (Lipinski definition) is 5. The van der Waals surface area contributed by atoms with Crippen LogP contribution in [-0.2, 0) is 0 Å². The molecule has 0 saturated heterocycles. The third-order valence-electron chi connectivity index (χ3n) is 4.35. The van der Waals surface area contributed by atoms with Crippen molar-refractivity contribution in [2.45, 2.75) is 6.17 Å². The van der Waals surface area contributed by atoms with Crippen molar-refractivity contribution in [2.24, 2.45) is 10.7 Å². The number of H-pyrrole nitrogens is 1. The van der Waals surface area contributed by atoms with Gasteiger partial charge >= 0.3 is 0 Å². The first kappa shape index (κ1) is 13.8. The molecule has 0 radical (unpaired) electrons. The molecule has 1 aliphatic heterocycles. The topological polar surface area (TPSA) is 96.9 Å². The largest absolute Gasteiger partial charge is 0.370 e. The molecular formula is C18H15N7. The highest BCUT2D eigenvalue weighted by molar-refractivity contribution is 5.94. The lowest BCUT2D eigenvalue weighted by Crippen LogP contribution is -2.31. The van der Waals surface area contributed by atoms with Crippen LogP contribution in [0.15, 0.2) is 65.8 Å². The third kappa shape index (κ3) is 2.09. The Balaban J connectivity index is 1.74. The Morgan fingerprint density at radius 2 is 1.80 bits per heavy atom. The van der Waals surface area contributed by atoms with Crippen molar-refractivity contribution in [3.63, 3.8) is 0 Å². The van der Waals surface area contributed by atoms with E-state index in [2.05, 4.69) is 25.5 Å². The summed E-state index contributed by atoms with van der Waals surface area (Å²) in [4.78, 5) is 9.25. The second kappa shape index (κ2) is 5.20. The summed E-state index contributed by atoms with van der Waals surface area (Å²) in [5.74, 6) is 1.02. The van der Waals surface area contributed by atoms with E-state index in [9.17, 15) is 0 Å². The Morgan fingerprint density at radius 1 is 1.00 bits per heavy atom. The van der Waals surface area contributed by atoms with E-state index in [1.807, 2.05) is 59.2 Å². The van der Waals surface area contributed by atoms with E-state index in [0.29, 0.717) is 11.9 Å². The van der Waals surface area contributed by atoms with Gasteiger partial charge in [-0.15, -0.1) is 0 Å². The molecule has 7 heteroatoms. The molecule has 2 aromatic heterocycles. The summed E-state index contributed by atoms with van der Waals surface area (Å²) < 4.78 is 2.04. The lowest BCUT2D eigenvalue weighted by atomic mass is 10.1. The van der Waals surface area contributed by atoms with Crippen LogP contribution >= 0.6 is 0 Å². The standard InChI is InChI=1S/C18H15N7/c19-17-22-16(12-10-20-24-15(12)11-6-2-1-3-7-11)25-14-9-5-4-8-13(14)21-18(25)23-17/h1-10,16H,(H,20,24)(H3,19,21,22,23)/t16-/m0/s1. The minimum atomic E-state index is -0.336. The van der Waals surface area contributed by atoms with E-state index in [1.165, 1.54) is 0 Å². The Morgan fingerprint density at radius 3 is 2.68 bits per heavy atom. The fourth-order valence-corrected chi connectivity index (χ4v) is 3.25. The van der Waals surface area contributed by atoms with E-state index in [4.69, 9.17) is 5.73 Å². The Kier molecular flexibility index (Phi) is 2.87. The molecule has 0 amide bonds. The van der Waals surface area contributed by atoms with Gasteiger partial charge in [-0.25, -0.2) is 9.98 Å². The predicted molar refractivity (Wildman–Crippen MR) is 97.1 cm³/mol. The summed E-state index contributed by atoms with van der Waals surface area (Å²) in [6, 6.07) is 18.0. The summed E-state index contributed by atoms with van der Waals surface area (Å²) in [7, 11) is 0. The van der Waals surface area contributed by atoms with Crippen LogP contribution in [0.4, 0.5) is 5.95 Å². The van der Waals surface area contributed by atoms with Gasteiger partial charge in [0.15, 0.2) is 12.1 Å². The molecule has 0 saturated carbocycles. The van der Waals surface area contributed by atoms with E-state index in [1.54, 1.807) is 6.20 Å². The highest BCUT2D eigenvalue weighted by Gasteiger charge is 2.28. The maximum absolute atomic E-state index is 6.01. The van der Waals surface area contributed by atoms with Crippen LogP contribution in [0.25, 0.3) is 22.3 Å². The van der Waals surface area contributed by atoms with E-state index < -0.39 is 0 Å². The van der Waals surface area contributed by atoms with Crippen molar-refractivity contribution >= 4 is 22.9 Å². The van der Waals surface area contributed by atoms with Crippen molar-refractivity contribution in [3.05, 3.63) is 66.4 Å². The van der Waals surface area contributed by atoms with Crippen LogP contribution in [0.2, 0.25) is 0 Å². The highest BCUT2D eigenvalue weighted by atomic mass is 15.4. The molecule has 122 valence electrons. The first-order valence-corrected chi connectivity index (χ1v) is 7.97. The summed E-state index contributed by atoms with van der Waals surface area (Å²) in [5, 5.41) is 10.4. The number of rotatable bonds is 2. The Labute approximate surface area is 143 Å². The van der Waals surface area contributed by atoms with Gasteiger partial charge in [0.25, 0.3) is 0 Å². The average molecular weight is 329 g/mol. The first-order valence-electron chi connectivity index (χ1n) is 7.97. The number of nitrogens with zero attached hydrogens (tertiary/aromatic N) is 4. The predicted octanol–water partition coefficient (Wildman–Crippen LogP) is 2.71. The van der Waals surface area contributed by atoms with E-state index in [0.717, 1.165) is 27.9 Å². The lowest BCUT2D eigenvalue weighted by Gasteiger charge is -2.23. The van der Waals surface area contributed by atoms with Crippen molar-refractivity contribution in [3.8, 4) is 11.3 Å². The van der Waals surface area contributed by atoms with Crippen LogP contribution in [0.3, 0.4) is 0 Å². The molecule has 0 bridgehead atoms. The lowest BCUT2D eigenvalue weighted by molar-refractivity contribution is 0.628. The molecule has 4 N–H and O–H groups in total. The fourth-order valence-electron chi connectivity index (χ4n) is 3.25. The van der Waals surface area contributed by atoms with Crippen molar-refractivity contribution < 1.29 is 0 Å². The van der Waals surface area contributed by atoms with Gasteiger partial charge in [-0.1, -0.05) is 42.5 Å². The van der Waals surface area contributed by atoms with Gasteiger partial charge < -0.3 is 5.73 Å². The number of hydrogen-bond donors (Lipinski definition) is 3. The highest BCUT2D eigenvalue weighted by Crippen LogP contribution is 2.35. The average Bonchev–Trinajstić information content (AvgIpc) is 3.26. The molecule has 25 heavy (non-hydrogen) atoms. The number of nitrogens with one attached hydrogen (secondary N) is 2. The minimum absolute atomic E-state index is 0.336. The van der Waals surface area contributed by atoms with Crippen LogP contribution in [0, 0.1) is 0 Å². The molecule has 1 atom stereocenters. The number of aromatic amines is 1. The molecule has 0 aliphatic carbocycles. The first-order chi connectivity index (χ1) is 12.3. The third-order valence-corrected chi connectivity index (χ3v) is 4.35. The number of benzene rings is 2. The zero-order valence-electron chi connectivity index (χ0n) is 13.2. The van der Waals surface area contributed by atoms with Gasteiger partial charge in [0, 0.05) is 5.56 Å². The summed E-state index contributed by atoms with van der Waals surface area (Å²) in [6.07, 6.45) is 1.46. The molecular weight excluding hydrogens is 314 g/mol. The zero-order chi connectivity index (χ0) is 16.8. The van der Waals surface area contributed by atoms with Gasteiger partial charge in [0.05, 0.1) is 22.9 Å². The molecule has 4 aromatic rings. The molecule has 5 rings (SSSR count). The second-order valence-electron chi connectivity index (χ2n) is 5.87. The number of aliphatic imine (C=N–C) groups is 1. The fraction of sp³-hybridized carbons (Fsp3) is 0.0556. The number of para-hydroxylation sites is 2. The number of anilines is 1. The van der Waals surface area contributed by atoms with Crippen LogP contribution in [0.1, 0.15) is 11.7 Å². The molecule has 7 nitrogen and oxygen atoms in total. The van der Waals surface area contributed by atoms with Crippen LogP contribution in [-0.4, -0.2) is 25.7 Å². The van der Waals surface area contributed by atoms with Crippen molar-refractivity contribution in [1.82, 2.24) is 19.7 Å². The summed E-state index contributed by atoms with van der Waals surface area (Å²) in [5.41, 5.74) is 10.8. The van der Waals surface area contributed by atoms with Gasteiger partial charge in [-0.2, -0.15) is 5.10 Å². The normalized spacial score (nSPS) is 16.3. The SMILES string of the molecule is NC1=N[C@H](c2cn[nH]c2-c2ccccc2)n2c(nc3ccccc32)N1. The number of fused-ring (bicyclic) bond motifs is 3. The smallest absolute Gasteiger partial charge is 0.212 e. The zero-order valence-corrected chi connectivity index (χ0v) is 13.2. The maximum Gasteiger partial charge on any atom is 0.212 e. The molecule has 1 aliphatic rings. The maximum atomic E-state index is 6.01. The van der Waals surface area contributed by atoms with Crippen LogP contribution in [0.5, 0.6) is 0 Å². The molecule has 0 unspecified atom stereocenters. The molecule has 3 heterocycles.